The lowest BCUT2D eigenvalue weighted by atomic mass is 10.0. The number of aliphatic hydroxyl groups is 1. The van der Waals surface area contributed by atoms with Crippen LogP contribution in [0.15, 0.2) is 0 Å². The Kier molecular flexibility index (Phi) is 14.3. The van der Waals surface area contributed by atoms with Crippen LogP contribution in [-0.4, -0.2) is 82.6 Å². The highest BCUT2D eigenvalue weighted by molar-refractivity contribution is 7.98. The van der Waals surface area contributed by atoms with E-state index in [4.69, 9.17) is 21.7 Å². The molecule has 0 aromatic heterocycles. The summed E-state index contributed by atoms with van der Waals surface area (Å²) in [4.78, 5) is 60.0. The summed E-state index contributed by atoms with van der Waals surface area (Å²) in [5.41, 5.74) is 11.0. The predicted octanol–water partition coefficient (Wildman–Crippen LogP) is -2.09. The van der Waals surface area contributed by atoms with Crippen molar-refractivity contribution in [3.63, 3.8) is 0 Å². The molecule has 0 spiro atoms. The fourth-order valence-electron chi connectivity index (χ4n) is 2.68. The van der Waals surface area contributed by atoms with E-state index >= 15 is 0 Å². The number of carboxylic acid groups (broad SMARTS) is 1. The molecule has 0 saturated carbocycles. The summed E-state index contributed by atoms with van der Waals surface area (Å²) in [5, 5.41) is 25.3. The van der Waals surface area contributed by atoms with E-state index < -0.39 is 60.4 Å². The molecule has 0 saturated heterocycles. The van der Waals surface area contributed by atoms with Gasteiger partial charge in [-0.25, -0.2) is 4.79 Å². The van der Waals surface area contributed by atoms with Crippen molar-refractivity contribution in [2.24, 2.45) is 17.4 Å². The number of nitrogens with two attached hydrogens (primary N) is 2. The smallest absolute Gasteiger partial charge is 0.328 e. The first kappa shape index (κ1) is 29.6. The third-order valence-electron chi connectivity index (χ3n) is 4.42. The molecule has 4 amide bonds. The van der Waals surface area contributed by atoms with Gasteiger partial charge in [-0.2, -0.15) is 11.8 Å². The molecule has 0 aliphatic carbocycles. The van der Waals surface area contributed by atoms with Crippen molar-refractivity contribution < 1.29 is 34.2 Å². The molecule has 12 nitrogen and oxygen atoms in total. The highest BCUT2D eigenvalue weighted by atomic mass is 32.2. The van der Waals surface area contributed by atoms with Crippen LogP contribution >= 0.6 is 11.8 Å². The fourth-order valence-corrected chi connectivity index (χ4v) is 3.16. The molecule has 0 radical (unpaired) electrons. The Morgan fingerprint density at radius 3 is 1.84 bits per heavy atom. The number of rotatable bonds is 16. The number of amides is 4. The van der Waals surface area contributed by atoms with Gasteiger partial charge in [-0.05, 0) is 37.2 Å². The van der Waals surface area contributed by atoms with E-state index in [1.807, 2.05) is 13.8 Å². The zero-order valence-corrected chi connectivity index (χ0v) is 19.4. The molecule has 0 aliphatic rings. The van der Waals surface area contributed by atoms with E-state index in [2.05, 4.69) is 16.0 Å². The second-order valence-electron chi connectivity index (χ2n) is 7.73. The van der Waals surface area contributed by atoms with Gasteiger partial charge in [0.05, 0.1) is 12.6 Å². The minimum absolute atomic E-state index is 0.105. The first-order valence-corrected chi connectivity index (χ1v) is 11.6. The van der Waals surface area contributed by atoms with E-state index in [0.717, 1.165) is 0 Å². The van der Waals surface area contributed by atoms with Gasteiger partial charge in [-0.15, -0.1) is 0 Å². The summed E-state index contributed by atoms with van der Waals surface area (Å²) in [6, 6.07) is -4.70. The van der Waals surface area contributed by atoms with E-state index in [1.165, 1.54) is 11.8 Å². The fraction of sp³-hybridized carbons (Fsp3) is 0.737. The minimum Gasteiger partial charge on any atom is -0.480 e. The van der Waals surface area contributed by atoms with Gasteiger partial charge < -0.3 is 37.6 Å². The quantitative estimate of drug-likeness (QED) is 0.129. The van der Waals surface area contributed by atoms with Crippen molar-refractivity contribution in [2.75, 3.05) is 18.6 Å². The van der Waals surface area contributed by atoms with E-state index in [0.29, 0.717) is 12.2 Å². The molecule has 32 heavy (non-hydrogen) atoms. The zero-order valence-electron chi connectivity index (χ0n) is 18.6. The Hall–Kier alpha value is -2.38. The Morgan fingerprint density at radius 1 is 0.906 bits per heavy atom. The highest BCUT2D eigenvalue weighted by Crippen LogP contribution is 2.07. The van der Waals surface area contributed by atoms with Gasteiger partial charge in [0.1, 0.15) is 18.1 Å². The lowest BCUT2D eigenvalue weighted by molar-refractivity contribution is -0.143. The van der Waals surface area contributed by atoms with E-state index in [-0.39, 0.29) is 25.2 Å². The van der Waals surface area contributed by atoms with Crippen LogP contribution in [0.5, 0.6) is 0 Å². The van der Waals surface area contributed by atoms with E-state index in [1.54, 1.807) is 6.26 Å². The van der Waals surface area contributed by atoms with Crippen LogP contribution in [-0.2, 0) is 24.0 Å². The zero-order chi connectivity index (χ0) is 24.8. The number of aliphatic carboxylic acids is 1. The van der Waals surface area contributed by atoms with Crippen LogP contribution in [0, 0.1) is 5.92 Å². The number of hydrogen-bond donors (Lipinski definition) is 7. The average molecular weight is 478 g/mol. The third-order valence-corrected chi connectivity index (χ3v) is 5.06. The van der Waals surface area contributed by atoms with Gasteiger partial charge >= 0.3 is 5.97 Å². The Morgan fingerprint density at radius 2 is 1.41 bits per heavy atom. The first-order valence-electron chi connectivity index (χ1n) is 10.2. The molecule has 4 unspecified atom stereocenters. The molecule has 0 aromatic rings. The standard InChI is InChI=1S/C19H35N5O7S/c1-10(2)8-11(20)16(27)22-12(4-5-15(21)26)17(28)23-13(6-7-32-3)18(29)24-14(9-25)19(30)31/h10-14,25H,4-9,20H2,1-3H3,(H2,21,26)(H,22,27)(H,23,28)(H,24,29)(H,30,31). The van der Waals surface area contributed by atoms with Crippen molar-refractivity contribution in [3.05, 3.63) is 0 Å². The topological polar surface area (TPSA) is 214 Å². The minimum atomic E-state index is -1.53. The van der Waals surface area contributed by atoms with Gasteiger partial charge in [0.25, 0.3) is 0 Å². The summed E-state index contributed by atoms with van der Waals surface area (Å²) in [5.74, 6) is -3.62. The summed E-state index contributed by atoms with van der Waals surface area (Å²) >= 11 is 1.40. The van der Waals surface area contributed by atoms with Gasteiger partial charge in [-0.1, -0.05) is 13.8 Å². The largest absolute Gasteiger partial charge is 0.480 e. The van der Waals surface area contributed by atoms with Gasteiger partial charge in [0, 0.05) is 6.42 Å². The van der Waals surface area contributed by atoms with Crippen molar-refractivity contribution in [2.45, 2.75) is 63.7 Å². The SMILES string of the molecule is CSCCC(NC(=O)C(CCC(N)=O)NC(=O)C(N)CC(C)C)C(=O)NC(CO)C(=O)O. The number of hydrogen-bond acceptors (Lipinski definition) is 8. The normalized spacial score (nSPS) is 14.7. The lowest BCUT2D eigenvalue weighted by Gasteiger charge is -2.25. The van der Waals surface area contributed by atoms with Crippen molar-refractivity contribution in [1.82, 2.24) is 16.0 Å². The molecule has 0 bridgehead atoms. The number of nitrogens with one attached hydrogen (secondary N) is 3. The van der Waals surface area contributed by atoms with Crippen LogP contribution in [0.25, 0.3) is 0 Å². The van der Waals surface area contributed by atoms with Crippen molar-refractivity contribution in [3.8, 4) is 0 Å². The summed E-state index contributed by atoms with van der Waals surface area (Å²) < 4.78 is 0. The molecular formula is C19H35N5O7S. The Labute approximate surface area is 191 Å². The maximum absolute atomic E-state index is 12.8. The monoisotopic (exact) mass is 477 g/mol. The number of carbonyl (C=O) groups excluding carboxylic acids is 4. The van der Waals surface area contributed by atoms with Crippen LogP contribution in [0.3, 0.4) is 0 Å². The summed E-state index contributed by atoms with van der Waals surface area (Å²) in [6.07, 6.45) is 2.04. The molecule has 9 N–H and O–H groups in total. The molecule has 184 valence electrons. The first-order chi connectivity index (χ1) is 14.9. The maximum Gasteiger partial charge on any atom is 0.328 e. The number of aliphatic hydroxyl groups excluding tert-OH is 1. The number of primary amides is 1. The van der Waals surface area contributed by atoms with Crippen LogP contribution in [0.1, 0.15) is 39.5 Å². The van der Waals surface area contributed by atoms with E-state index in [9.17, 15) is 24.0 Å². The van der Waals surface area contributed by atoms with Crippen LogP contribution in [0.2, 0.25) is 0 Å². The van der Waals surface area contributed by atoms with Crippen molar-refractivity contribution in [1.29, 1.82) is 0 Å². The Bertz CT molecular complexity index is 662. The number of thioether (sulfide) groups is 1. The molecule has 0 fully saturated rings. The van der Waals surface area contributed by atoms with Gasteiger partial charge in [0.15, 0.2) is 0 Å². The van der Waals surface area contributed by atoms with Crippen LogP contribution < -0.4 is 27.4 Å². The van der Waals surface area contributed by atoms with Crippen molar-refractivity contribution >= 4 is 41.4 Å². The predicted molar refractivity (Wildman–Crippen MR) is 119 cm³/mol. The Balaban J connectivity index is 5.42. The molecular weight excluding hydrogens is 442 g/mol. The summed E-state index contributed by atoms with van der Waals surface area (Å²) in [7, 11) is 0. The average Bonchev–Trinajstić information content (AvgIpc) is 2.70. The number of carboxylic acids is 1. The molecule has 13 heteroatoms. The molecule has 0 rings (SSSR count). The summed E-state index contributed by atoms with van der Waals surface area (Å²) in [6.45, 7) is 2.95. The maximum atomic E-state index is 12.8. The van der Waals surface area contributed by atoms with Gasteiger partial charge in [-0.3, -0.25) is 19.2 Å². The number of carbonyl (C=O) groups is 5. The van der Waals surface area contributed by atoms with Gasteiger partial charge in [0.2, 0.25) is 23.6 Å². The lowest BCUT2D eigenvalue weighted by Crippen LogP contribution is -2.57. The molecule has 0 aromatic carbocycles. The second kappa shape index (κ2) is 15.4. The second-order valence-corrected chi connectivity index (χ2v) is 8.71. The third kappa shape index (κ3) is 11.9. The molecule has 4 atom stereocenters. The van der Waals surface area contributed by atoms with Crippen LogP contribution in [0.4, 0.5) is 0 Å². The highest BCUT2D eigenvalue weighted by Gasteiger charge is 2.30. The molecule has 0 aliphatic heterocycles. The molecule has 0 heterocycles.